The third-order valence-electron chi connectivity index (χ3n) is 6.55. The van der Waals surface area contributed by atoms with Gasteiger partial charge in [0, 0.05) is 52.4 Å². The molecule has 0 aromatic rings. The zero-order chi connectivity index (χ0) is 35.3. The number of ether oxygens (including phenoxy) is 3. The molecule has 1 heterocycles. The number of hydrogen-bond donors (Lipinski definition) is 3. The average Bonchev–Trinajstić information content (AvgIpc) is 2.86. The van der Waals surface area contributed by atoms with E-state index in [0.29, 0.717) is 19.4 Å². The molecule has 15 heteroatoms. The van der Waals surface area contributed by atoms with Crippen LogP contribution in [0, 0.1) is 0 Å². The molecule has 0 radical (unpaired) electrons. The standard InChI is InChI=1S/C31H58N6O9/c1-29(2,3)44-26(41)35-16-14-34(22-24(38)33-23(25(39)40)12-10-11-13-32)15-17-36(27(42)45-30(4,5)6)19-21-37(20-18-35)28(43)46-31(7,8)9/h23H,10-22,32H2,1-9H3,(H,33,38)(H,39,40)/t23-/m0/s1. The lowest BCUT2D eigenvalue weighted by Gasteiger charge is -2.35. The van der Waals surface area contributed by atoms with Crippen LogP contribution in [-0.2, 0) is 23.8 Å². The molecule has 1 fully saturated rings. The van der Waals surface area contributed by atoms with Crippen molar-refractivity contribution >= 4 is 30.2 Å². The highest BCUT2D eigenvalue weighted by Gasteiger charge is 2.30. The highest BCUT2D eigenvalue weighted by Crippen LogP contribution is 2.15. The number of rotatable bonds is 8. The van der Waals surface area contributed by atoms with E-state index in [-0.39, 0.29) is 65.3 Å². The van der Waals surface area contributed by atoms with Gasteiger partial charge in [-0.25, -0.2) is 19.2 Å². The van der Waals surface area contributed by atoms with Gasteiger partial charge < -0.3 is 45.1 Å². The first-order valence-electron chi connectivity index (χ1n) is 16.0. The van der Waals surface area contributed by atoms with E-state index in [4.69, 9.17) is 19.9 Å². The Morgan fingerprint density at radius 2 is 1.00 bits per heavy atom. The Balaban J connectivity index is 3.32. The first-order chi connectivity index (χ1) is 21.1. The molecule has 1 aliphatic rings. The van der Waals surface area contributed by atoms with Crippen molar-refractivity contribution in [3.05, 3.63) is 0 Å². The van der Waals surface area contributed by atoms with E-state index in [1.807, 2.05) is 0 Å². The van der Waals surface area contributed by atoms with Gasteiger partial charge in [-0.05, 0) is 88.1 Å². The second-order valence-electron chi connectivity index (χ2n) is 14.4. The molecule has 46 heavy (non-hydrogen) atoms. The zero-order valence-electron chi connectivity index (χ0n) is 29.3. The van der Waals surface area contributed by atoms with Crippen LogP contribution < -0.4 is 11.1 Å². The summed E-state index contributed by atoms with van der Waals surface area (Å²) in [4.78, 5) is 70.6. The van der Waals surface area contributed by atoms with Crippen molar-refractivity contribution in [2.45, 2.75) is 104 Å². The molecular weight excluding hydrogens is 600 g/mol. The van der Waals surface area contributed by atoms with Gasteiger partial charge in [0.15, 0.2) is 0 Å². The summed E-state index contributed by atoms with van der Waals surface area (Å²) in [5, 5.41) is 12.2. The minimum absolute atomic E-state index is 0.0971. The molecule has 0 saturated carbocycles. The predicted molar refractivity (Wildman–Crippen MR) is 172 cm³/mol. The Morgan fingerprint density at radius 1 is 0.652 bits per heavy atom. The van der Waals surface area contributed by atoms with Gasteiger partial charge in [0.05, 0.1) is 6.54 Å². The zero-order valence-corrected chi connectivity index (χ0v) is 29.3. The number of aliphatic carboxylic acids is 1. The maximum atomic E-state index is 13.2. The Kier molecular flexibility index (Phi) is 16.0. The average molecular weight is 659 g/mol. The Morgan fingerprint density at radius 3 is 1.30 bits per heavy atom. The molecule has 1 atom stereocenters. The molecule has 1 aliphatic heterocycles. The molecule has 0 aromatic heterocycles. The predicted octanol–water partition coefficient (Wildman–Crippen LogP) is 2.71. The largest absolute Gasteiger partial charge is 0.480 e. The molecule has 0 aromatic carbocycles. The minimum Gasteiger partial charge on any atom is -0.480 e. The number of nitrogens with one attached hydrogen (secondary N) is 1. The first kappa shape index (κ1) is 40.7. The van der Waals surface area contributed by atoms with Crippen LogP contribution in [0.15, 0.2) is 0 Å². The summed E-state index contributed by atoms with van der Waals surface area (Å²) in [5.41, 5.74) is 3.23. The van der Waals surface area contributed by atoms with Crippen LogP contribution in [0.2, 0.25) is 0 Å². The molecule has 4 N–H and O–H groups in total. The van der Waals surface area contributed by atoms with E-state index in [1.54, 1.807) is 67.2 Å². The third kappa shape index (κ3) is 17.4. The molecule has 266 valence electrons. The van der Waals surface area contributed by atoms with E-state index in [9.17, 15) is 29.1 Å². The van der Waals surface area contributed by atoms with E-state index in [0.717, 1.165) is 0 Å². The van der Waals surface area contributed by atoms with Gasteiger partial charge in [0.25, 0.3) is 0 Å². The summed E-state index contributed by atoms with van der Waals surface area (Å²) in [7, 11) is 0. The van der Waals surface area contributed by atoms with Gasteiger partial charge in [0.1, 0.15) is 22.8 Å². The molecule has 15 nitrogen and oxygen atoms in total. The summed E-state index contributed by atoms with van der Waals surface area (Å²) in [6.07, 6.45) is -0.328. The van der Waals surface area contributed by atoms with E-state index in [2.05, 4.69) is 5.32 Å². The van der Waals surface area contributed by atoms with Crippen LogP contribution in [0.5, 0.6) is 0 Å². The SMILES string of the molecule is CC(C)(C)OC(=O)N1CCN(CC(=O)N[C@@H](CCCCN)C(=O)O)CCN(C(=O)OC(C)(C)C)CCN(C(=O)OC(C)(C)C)CC1. The van der Waals surface area contributed by atoms with Crippen molar-refractivity contribution in [2.75, 3.05) is 65.4 Å². The number of carboxylic acids is 1. The first-order valence-corrected chi connectivity index (χ1v) is 16.0. The van der Waals surface area contributed by atoms with E-state index < -0.39 is 53.0 Å². The van der Waals surface area contributed by atoms with Crippen LogP contribution in [0.3, 0.4) is 0 Å². The Hall–Kier alpha value is -3.33. The van der Waals surface area contributed by atoms with Crippen molar-refractivity contribution in [3.63, 3.8) is 0 Å². The lowest BCUT2D eigenvalue weighted by atomic mass is 10.1. The summed E-state index contributed by atoms with van der Waals surface area (Å²) in [6.45, 7) is 17.1. The van der Waals surface area contributed by atoms with Crippen molar-refractivity contribution in [2.24, 2.45) is 5.73 Å². The molecule has 0 aliphatic carbocycles. The fourth-order valence-corrected chi connectivity index (χ4v) is 4.33. The van der Waals surface area contributed by atoms with Crippen molar-refractivity contribution in [1.29, 1.82) is 0 Å². The second kappa shape index (κ2) is 18.1. The summed E-state index contributed by atoms with van der Waals surface area (Å²) < 4.78 is 16.9. The monoisotopic (exact) mass is 658 g/mol. The number of carboxylic acid groups (broad SMARTS) is 1. The highest BCUT2D eigenvalue weighted by molar-refractivity contribution is 5.84. The fraction of sp³-hybridized carbons (Fsp3) is 0.839. The minimum atomic E-state index is -1.14. The lowest BCUT2D eigenvalue weighted by Crippen LogP contribution is -2.52. The maximum Gasteiger partial charge on any atom is 0.410 e. The van der Waals surface area contributed by atoms with Crippen LogP contribution >= 0.6 is 0 Å². The van der Waals surface area contributed by atoms with Gasteiger partial charge in [-0.1, -0.05) is 0 Å². The number of nitrogens with two attached hydrogens (primary N) is 1. The maximum absolute atomic E-state index is 13.2. The molecular formula is C31H58N6O9. The Labute approximate surface area is 274 Å². The molecule has 0 spiro atoms. The number of unbranched alkanes of at least 4 members (excludes halogenated alkanes) is 1. The number of amides is 4. The van der Waals surface area contributed by atoms with Gasteiger partial charge in [0.2, 0.25) is 5.91 Å². The number of nitrogens with zero attached hydrogens (tertiary/aromatic N) is 4. The molecule has 0 bridgehead atoms. The van der Waals surface area contributed by atoms with Gasteiger partial charge >= 0.3 is 24.2 Å². The summed E-state index contributed by atoms with van der Waals surface area (Å²) in [6, 6.07) is -1.07. The highest BCUT2D eigenvalue weighted by atomic mass is 16.6. The van der Waals surface area contributed by atoms with Crippen molar-refractivity contribution < 1.29 is 43.3 Å². The van der Waals surface area contributed by atoms with E-state index >= 15 is 0 Å². The van der Waals surface area contributed by atoms with Crippen molar-refractivity contribution in [1.82, 2.24) is 24.9 Å². The van der Waals surface area contributed by atoms with Gasteiger partial charge in [-0.15, -0.1) is 0 Å². The molecule has 1 rings (SSSR count). The third-order valence-corrected chi connectivity index (χ3v) is 6.55. The van der Waals surface area contributed by atoms with Crippen LogP contribution in [0.1, 0.15) is 81.6 Å². The number of carbonyl (C=O) groups excluding carboxylic acids is 4. The normalized spacial score (nSPS) is 16.9. The van der Waals surface area contributed by atoms with Crippen LogP contribution in [0.4, 0.5) is 14.4 Å². The fourth-order valence-electron chi connectivity index (χ4n) is 4.33. The van der Waals surface area contributed by atoms with Crippen LogP contribution in [0.25, 0.3) is 0 Å². The topological polar surface area (TPSA) is 184 Å². The van der Waals surface area contributed by atoms with Crippen LogP contribution in [-0.4, -0.2) is 143 Å². The lowest BCUT2D eigenvalue weighted by molar-refractivity contribution is -0.142. The number of carbonyl (C=O) groups is 5. The van der Waals surface area contributed by atoms with Crippen molar-refractivity contribution in [3.8, 4) is 0 Å². The smallest absolute Gasteiger partial charge is 0.410 e. The summed E-state index contributed by atoms with van der Waals surface area (Å²) >= 11 is 0. The van der Waals surface area contributed by atoms with Gasteiger partial charge in [-0.2, -0.15) is 0 Å². The quantitative estimate of drug-likeness (QED) is 0.257. The second-order valence-corrected chi connectivity index (χ2v) is 14.4. The molecule has 4 amide bonds. The summed E-state index contributed by atoms with van der Waals surface area (Å²) in [5.74, 6) is -1.64. The number of hydrogen-bond acceptors (Lipinski definition) is 10. The van der Waals surface area contributed by atoms with Gasteiger partial charge in [-0.3, -0.25) is 9.69 Å². The van der Waals surface area contributed by atoms with E-state index in [1.165, 1.54) is 14.7 Å². The molecule has 0 unspecified atom stereocenters. The Bertz CT molecular complexity index is 975. The molecule has 1 saturated heterocycles.